The van der Waals surface area contributed by atoms with Gasteiger partial charge in [0.05, 0.1) is 41.7 Å². The van der Waals surface area contributed by atoms with E-state index in [4.69, 9.17) is 14.5 Å². The van der Waals surface area contributed by atoms with Crippen molar-refractivity contribution in [1.82, 2.24) is 38.6 Å². The van der Waals surface area contributed by atoms with E-state index in [0.717, 1.165) is 81.0 Å². The van der Waals surface area contributed by atoms with Crippen LogP contribution in [-0.4, -0.2) is 54.0 Å². The number of nitrogens with zero attached hydrogens (tertiary/aromatic N) is 8. The summed E-state index contributed by atoms with van der Waals surface area (Å²) in [6.07, 6.45) is 28.6. The minimum Gasteiger partial charge on any atom is -0.670 e. The summed E-state index contributed by atoms with van der Waals surface area (Å²) in [6, 6.07) is 12.1. The van der Waals surface area contributed by atoms with Crippen LogP contribution >= 0.6 is 22.7 Å². The average molecular weight is 811 g/mol. The number of methoxy groups -OCH3 is 1. The van der Waals surface area contributed by atoms with E-state index in [2.05, 4.69) is 19.9 Å². The monoisotopic (exact) mass is 810 g/mol. The Morgan fingerprint density at radius 1 is 0.672 bits per heavy atom. The third kappa shape index (κ3) is 9.01. The van der Waals surface area contributed by atoms with Crippen LogP contribution in [0.15, 0.2) is 95.8 Å². The largest absolute Gasteiger partial charge is 1.00 e. The summed E-state index contributed by atoms with van der Waals surface area (Å²) in [7, 11) is 1.63. The number of thiophene rings is 2. The minimum atomic E-state index is 0. The van der Waals surface area contributed by atoms with Crippen molar-refractivity contribution < 1.29 is 28.3 Å². The molecule has 1 aliphatic heterocycles. The number of aromatic nitrogens is 8. The maximum absolute atomic E-state index is 13.1. The van der Waals surface area contributed by atoms with Gasteiger partial charge in [-0.2, -0.15) is 12.4 Å². The smallest absolute Gasteiger partial charge is 0.670 e. The molecular formula is C43H47LiN8O4S2. The van der Waals surface area contributed by atoms with Gasteiger partial charge in [0.2, 0.25) is 0 Å². The average Bonchev–Trinajstić information content (AvgIpc) is 4.12. The molecule has 9 heterocycles. The Morgan fingerprint density at radius 3 is 1.67 bits per heavy atom. The SMILES string of the molecule is C1CCOC1.COc1ccnc2sc3c(=O)n(C4CCCCC4)cnc3c12.O=c1c2sc3nccc(-n4cccc4)c3c2ncn1C1CCCCC1.[Li+].c1cc[n-]c1. The third-order valence-corrected chi connectivity index (χ3v) is 13.0. The summed E-state index contributed by atoms with van der Waals surface area (Å²) < 4.78 is 17.5. The Hall–Kier alpha value is -4.58. The number of rotatable bonds is 4. The maximum Gasteiger partial charge on any atom is 1.00 e. The molecule has 8 aromatic rings. The summed E-state index contributed by atoms with van der Waals surface area (Å²) in [6.45, 7) is 2.00. The van der Waals surface area contributed by atoms with Gasteiger partial charge in [-0.15, -0.1) is 22.7 Å². The molecule has 2 aliphatic carbocycles. The normalized spacial score (nSPS) is 15.9. The Balaban J connectivity index is 0.000000141. The quantitative estimate of drug-likeness (QED) is 0.189. The number of pyridine rings is 2. The van der Waals surface area contributed by atoms with Gasteiger partial charge >= 0.3 is 18.9 Å². The van der Waals surface area contributed by atoms with Crippen molar-refractivity contribution in [3.8, 4) is 11.4 Å². The Morgan fingerprint density at radius 2 is 1.19 bits per heavy atom. The van der Waals surface area contributed by atoms with Gasteiger partial charge in [-0.3, -0.25) is 18.7 Å². The van der Waals surface area contributed by atoms with Gasteiger partial charge in [-0.1, -0.05) is 50.7 Å². The fraction of sp³-hybridized carbons (Fsp3) is 0.395. The van der Waals surface area contributed by atoms with Crippen molar-refractivity contribution in [2.45, 2.75) is 89.1 Å². The van der Waals surface area contributed by atoms with Gasteiger partial charge in [0.25, 0.3) is 11.1 Å². The van der Waals surface area contributed by atoms with Crippen molar-refractivity contribution >= 4 is 63.5 Å². The van der Waals surface area contributed by atoms with Gasteiger partial charge in [0.1, 0.15) is 30.3 Å². The van der Waals surface area contributed by atoms with Gasteiger partial charge < -0.3 is 19.0 Å². The van der Waals surface area contributed by atoms with Crippen LogP contribution < -0.4 is 39.7 Å². The summed E-state index contributed by atoms with van der Waals surface area (Å²) in [5.74, 6) is 0.721. The van der Waals surface area contributed by atoms with Gasteiger partial charge in [0.15, 0.2) is 0 Å². The molecule has 0 radical (unpaired) electrons. The molecular weight excluding hydrogens is 764 g/mol. The molecule has 3 aliphatic rings. The number of hydrogen-bond acceptors (Lipinski definition) is 10. The zero-order valence-corrected chi connectivity index (χ0v) is 34.8. The number of fused-ring (bicyclic) bond motifs is 6. The van der Waals surface area contributed by atoms with E-state index in [0.29, 0.717) is 22.3 Å². The van der Waals surface area contributed by atoms with Crippen LogP contribution in [-0.2, 0) is 4.74 Å². The molecule has 0 unspecified atom stereocenters. The maximum atomic E-state index is 13.1. The molecule has 58 heavy (non-hydrogen) atoms. The van der Waals surface area contributed by atoms with E-state index in [1.165, 1.54) is 74.0 Å². The van der Waals surface area contributed by atoms with E-state index in [-0.39, 0.29) is 30.0 Å². The fourth-order valence-corrected chi connectivity index (χ4v) is 10.1. The van der Waals surface area contributed by atoms with Crippen molar-refractivity contribution in [3.63, 3.8) is 0 Å². The molecule has 15 heteroatoms. The van der Waals surface area contributed by atoms with Crippen LogP contribution in [0.2, 0.25) is 0 Å². The second-order valence-electron chi connectivity index (χ2n) is 14.5. The van der Waals surface area contributed by atoms with E-state index in [1.54, 1.807) is 44.6 Å². The first-order valence-electron chi connectivity index (χ1n) is 20.0. The first-order valence-corrected chi connectivity index (χ1v) is 21.6. The molecule has 11 rings (SSSR count). The molecule has 296 valence electrons. The summed E-state index contributed by atoms with van der Waals surface area (Å²) in [5.41, 5.74) is 2.64. The van der Waals surface area contributed by atoms with Crippen molar-refractivity contribution in [2.24, 2.45) is 0 Å². The van der Waals surface area contributed by atoms with E-state index in [9.17, 15) is 9.59 Å². The fourth-order valence-electron chi connectivity index (χ4n) is 7.96. The van der Waals surface area contributed by atoms with Gasteiger partial charge in [-0.05, 0) is 62.8 Å². The van der Waals surface area contributed by atoms with Crippen LogP contribution in [0.5, 0.6) is 5.75 Å². The summed E-state index contributed by atoms with van der Waals surface area (Å²) in [4.78, 5) is 49.5. The Labute approximate surface area is 356 Å². The second-order valence-corrected chi connectivity index (χ2v) is 16.5. The van der Waals surface area contributed by atoms with Gasteiger partial charge in [-0.25, -0.2) is 19.9 Å². The Bertz CT molecular complexity index is 2610. The van der Waals surface area contributed by atoms with Crippen LogP contribution in [0.4, 0.5) is 0 Å². The predicted octanol–water partition coefficient (Wildman–Crippen LogP) is 6.27. The van der Waals surface area contributed by atoms with Crippen LogP contribution in [0.1, 0.15) is 89.1 Å². The van der Waals surface area contributed by atoms with Crippen LogP contribution in [0, 0.1) is 0 Å². The van der Waals surface area contributed by atoms with Crippen LogP contribution in [0.3, 0.4) is 0 Å². The Kier molecular flexibility index (Phi) is 14.3. The zero-order chi connectivity index (χ0) is 39.0. The summed E-state index contributed by atoms with van der Waals surface area (Å²) in [5, 5.41) is 1.81. The van der Waals surface area contributed by atoms with Crippen LogP contribution in [0.25, 0.3) is 46.6 Å². The minimum absolute atomic E-state index is 0. The molecule has 0 bridgehead atoms. The summed E-state index contributed by atoms with van der Waals surface area (Å²) >= 11 is 2.87. The van der Waals surface area contributed by atoms with E-state index >= 15 is 0 Å². The molecule has 0 atom stereocenters. The molecule has 8 aromatic heterocycles. The molecule has 0 amide bonds. The molecule has 0 spiro atoms. The molecule has 0 N–H and O–H groups in total. The standard InChI is InChI=1S/C19H18N4OS.C16H17N3O2S.C4H4N.C4H8O.Li/c24-19-17-16(21-12-23(19)13-6-2-1-3-7-13)15-14(22-10-4-5-11-22)8-9-20-18(15)25-17;1-21-11-7-8-17-15-12(11)13-14(22-15)16(20)19(9-18-13)10-5-3-2-4-6-10;2*1-2-4-5-3-1;/h4-5,8-13H,1-3,6-7H2;7-10H,2-6H2,1H3;1-4H;1-4H2;/q;;-1;;+1. The topological polar surface area (TPSA) is 133 Å². The molecule has 1 saturated heterocycles. The molecule has 2 saturated carbocycles. The number of hydrogen-bond donors (Lipinski definition) is 0. The number of ether oxygens (including phenoxy) is 2. The zero-order valence-electron chi connectivity index (χ0n) is 33.2. The predicted molar refractivity (Wildman–Crippen MR) is 228 cm³/mol. The van der Waals surface area contributed by atoms with Crippen molar-refractivity contribution in [2.75, 3.05) is 20.3 Å². The molecule has 3 fully saturated rings. The van der Waals surface area contributed by atoms with Gasteiger partial charge in [0, 0.05) is 50.1 Å². The molecule has 0 aromatic carbocycles. The van der Waals surface area contributed by atoms with E-state index < -0.39 is 0 Å². The first kappa shape index (κ1) is 41.6. The van der Waals surface area contributed by atoms with E-state index in [1.807, 2.05) is 62.5 Å². The first-order chi connectivity index (χ1) is 28.1. The van der Waals surface area contributed by atoms with Crippen molar-refractivity contribution in [3.05, 3.63) is 107 Å². The van der Waals surface area contributed by atoms with Crippen molar-refractivity contribution in [1.29, 1.82) is 0 Å². The third-order valence-electron chi connectivity index (χ3n) is 10.9. The molecule has 12 nitrogen and oxygen atoms in total. The second kappa shape index (κ2) is 19.9.